The predicted molar refractivity (Wildman–Crippen MR) is 59.4 cm³/mol. The van der Waals surface area contributed by atoms with Crippen LogP contribution in [0.25, 0.3) is 0 Å². The molecule has 5 nitrogen and oxygen atoms in total. The third kappa shape index (κ3) is 2.70. The lowest BCUT2D eigenvalue weighted by Gasteiger charge is -2.05. The van der Waals surface area contributed by atoms with Crippen LogP contribution in [0.1, 0.15) is 0 Å². The minimum atomic E-state index is 0.527. The van der Waals surface area contributed by atoms with Gasteiger partial charge in [-0.15, -0.1) is 0 Å². The summed E-state index contributed by atoms with van der Waals surface area (Å²) in [5.41, 5.74) is 5.56. The molecule has 5 heteroatoms. The summed E-state index contributed by atoms with van der Waals surface area (Å²) < 4.78 is 1.86. The Labute approximate surface area is 87.9 Å². The zero-order valence-electron chi connectivity index (χ0n) is 8.30. The summed E-state index contributed by atoms with van der Waals surface area (Å²) in [6.07, 6.45) is 3.69. The first-order valence-corrected chi connectivity index (χ1v) is 4.78. The van der Waals surface area contributed by atoms with Crippen molar-refractivity contribution >= 4 is 11.6 Å². The Morgan fingerprint density at radius 2 is 2.27 bits per heavy atom. The highest BCUT2D eigenvalue weighted by molar-refractivity contribution is 5.41. The van der Waals surface area contributed by atoms with Crippen molar-refractivity contribution in [3.63, 3.8) is 0 Å². The maximum Gasteiger partial charge on any atom is 0.128 e. The van der Waals surface area contributed by atoms with E-state index in [9.17, 15) is 0 Å². The molecule has 0 amide bonds. The molecule has 0 unspecified atom stereocenters. The largest absolute Gasteiger partial charge is 0.384 e. The summed E-state index contributed by atoms with van der Waals surface area (Å²) in [6.45, 7) is 1.58. The second-order valence-corrected chi connectivity index (χ2v) is 3.14. The first-order chi connectivity index (χ1) is 7.34. The van der Waals surface area contributed by atoms with Crippen LogP contribution in [-0.2, 0) is 6.54 Å². The smallest absolute Gasteiger partial charge is 0.128 e. The SMILES string of the molecule is Nc1cccc(NCCn2cccn2)n1. The molecule has 0 saturated heterocycles. The average molecular weight is 203 g/mol. The third-order valence-corrected chi connectivity index (χ3v) is 1.98. The molecule has 0 saturated carbocycles. The number of aromatic nitrogens is 3. The van der Waals surface area contributed by atoms with Crippen molar-refractivity contribution in [2.45, 2.75) is 6.54 Å². The maximum atomic E-state index is 5.56. The van der Waals surface area contributed by atoms with Crippen LogP contribution < -0.4 is 11.1 Å². The van der Waals surface area contributed by atoms with Crippen LogP contribution >= 0.6 is 0 Å². The van der Waals surface area contributed by atoms with Gasteiger partial charge in [0.05, 0.1) is 6.54 Å². The van der Waals surface area contributed by atoms with E-state index in [0.717, 1.165) is 18.9 Å². The van der Waals surface area contributed by atoms with Crippen molar-refractivity contribution in [2.75, 3.05) is 17.6 Å². The van der Waals surface area contributed by atoms with Gasteiger partial charge in [-0.3, -0.25) is 4.68 Å². The van der Waals surface area contributed by atoms with E-state index in [-0.39, 0.29) is 0 Å². The van der Waals surface area contributed by atoms with E-state index >= 15 is 0 Å². The molecule has 0 spiro atoms. The first kappa shape index (κ1) is 9.51. The Morgan fingerprint density at radius 1 is 1.33 bits per heavy atom. The fraction of sp³-hybridized carbons (Fsp3) is 0.200. The molecule has 0 bridgehead atoms. The molecular formula is C10H13N5. The summed E-state index contributed by atoms with van der Waals surface area (Å²) in [5, 5.41) is 7.27. The number of pyridine rings is 1. The lowest BCUT2D eigenvalue weighted by molar-refractivity contribution is 0.637. The molecule has 0 fully saturated rings. The van der Waals surface area contributed by atoms with Gasteiger partial charge >= 0.3 is 0 Å². The monoisotopic (exact) mass is 203 g/mol. The molecular weight excluding hydrogens is 190 g/mol. The number of hydrogen-bond acceptors (Lipinski definition) is 4. The molecule has 0 aliphatic heterocycles. The van der Waals surface area contributed by atoms with Gasteiger partial charge in [-0.2, -0.15) is 5.10 Å². The van der Waals surface area contributed by atoms with Gasteiger partial charge in [-0.05, 0) is 18.2 Å². The third-order valence-electron chi connectivity index (χ3n) is 1.98. The van der Waals surface area contributed by atoms with Crippen molar-refractivity contribution in [3.8, 4) is 0 Å². The van der Waals surface area contributed by atoms with E-state index < -0.39 is 0 Å². The molecule has 0 aliphatic carbocycles. The standard InChI is InChI=1S/C10H13N5/c11-9-3-1-4-10(14-9)12-6-8-15-7-2-5-13-15/h1-5,7H,6,8H2,(H3,11,12,14). The molecule has 0 radical (unpaired) electrons. The van der Waals surface area contributed by atoms with Gasteiger partial charge in [0.15, 0.2) is 0 Å². The molecule has 0 atom stereocenters. The van der Waals surface area contributed by atoms with Gasteiger partial charge in [0.2, 0.25) is 0 Å². The van der Waals surface area contributed by atoms with Crippen LogP contribution in [0.3, 0.4) is 0 Å². The molecule has 2 heterocycles. The van der Waals surface area contributed by atoms with E-state index in [1.807, 2.05) is 29.1 Å². The Hall–Kier alpha value is -2.04. The van der Waals surface area contributed by atoms with Crippen LogP contribution in [0.5, 0.6) is 0 Å². The summed E-state index contributed by atoms with van der Waals surface area (Å²) in [5.74, 6) is 1.32. The molecule has 15 heavy (non-hydrogen) atoms. The molecule has 3 N–H and O–H groups in total. The predicted octanol–water partition coefficient (Wildman–Crippen LogP) is 0.972. The number of nitrogens with one attached hydrogen (secondary N) is 1. The van der Waals surface area contributed by atoms with E-state index in [0.29, 0.717) is 5.82 Å². The Kier molecular flexibility index (Phi) is 2.82. The molecule has 78 valence electrons. The second-order valence-electron chi connectivity index (χ2n) is 3.14. The summed E-state index contributed by atoms with van der Waals surface area (Å²) >= 11 is 0. The molecule has 2 rings (SSSR count). The lowest BCUT2D eigenvalue weighted by atomic mass is 10.4. The molecule has 0 aliphatic rings. The number of anilines is 2. The second kappa shape index (κ2) is 4.45. The van der Waals surface area contributed by atoms with Gasteiger partial charge in [0.25, 0.3) is 0 Å². The molecule has 0 aromatic carbocycles. The van der Waals surface area contributed by atoms with Crippen LogP contribution in [-0.4, -0.2) is 21.3 Å². The highest BCUT2D eigenvalue weighted by Crippen LogP contribution is 2.04. The van der Waals surface area contributed by atoms with E-state index in [4.69, 9.17) is 5.73 Å². The Balaban J connectivity index is 1.83. The number of nitrogens with two attached hydrogens (primary N) is 1. The number of rotatable bonds is 4. The van der Waals surface area contributed by atoms with Crippen LogP contribution in [0.15, 0.2) is 36.7 Å². The minimum Gasteiger partial charge on any atom is -0.384 e. The molecule has 2 aromatic rings. The average Bonchev–Trinajstić information content (AvgIpc) is 2.71. The van der Waals surface area contributed by atoms with Crippen molar-refractivity contribution in [1.82, 2.24) is 14.8 Å². The summed E-state index contributed by atoms with van der Waals surface area (Å²) in [6, 6.07) is 7.43. The zero-order valence-corrected chi connectivity index (χ0v) is 8.30. The van der Waals surface area contributed by atoms with Crippen molar-refractivity contribution in [2.24, 2.45) is 0 Å². The maximum absolute atomic E-state index is 5.56. The van der Waals surface area contributed by atoms with Crippen molar-refractivity contribution in [1.29, 1.82) is 0 Å². The Morgan fingerprint density at radius 3 is 3.00 bits per heavy atom. The van der Waals surface area contributed by atoms with Crippen LogP contribution in [0, 0.1) is 0 Å². The Bertz CT molecular complexity index is 410. The van der Waals surface area contributed by atoms with Crippen molar-refractivity contribution in [3.05, 3.63) is 36.7 Å². The van der Waals surface area contributed by atoms with Gasteiger partial charge < -0.3 is 11.1 Å². The van der Waals surface area contributed by atoms with Crippen LogP contribution in [0.4, 0.5) is 11.6 Å². The highest BCUT2D eigenvalue weighted by Gasteiger charge is 1.94. The topological polar surface area (TPSA) is 68.8 Å². The summed E-state index contributed by atoms with van der Waals surface area (Å²) in [4.78, 5) is 4.13. The van der Waals surface area contributed by atoms with E-state index in [1.165, 1.54) is 0 Å². The van der Waals surface area contributed by atoms with Gasteiger partial charge in [-0.1, -0.05) is 6.07 Å². The molecule has 2 aromatic heterocycles. The normalized spacial score (nSPS) is 10.1. The number of hydrogen-bond donors (Lipinski definition) is 2. The number of nitrogens with zero attached hydrogens (tertiary/aromatic N) is 3. The van der Waals surface area contributed by atoms with Crippen LogP contribution in [0.2, 0.25) is 0 Å². The lowest BCUT2D eigenvalue weighted by Crippen LogP contribution is -2.11. The van der Waals surface area contributed by atoms with E-state index in [1.54, 1.807) is 12.3 Å². The fourth-order valence-electron chi connectivity index (χ4n) is 1.28. The highest BCUT2D eigenvalue weighted by atomic mass is 15.3. The number of nitrogen functional groups attached to an aromatic ring is 1. The van der Waals surface area contributed by atoms with Gasteiger partial charge in [-0.25, -0.2) is 4.98 Å². The van der Waals surface area contributed by atoms with Gasteiger partial charge in [0, 0.05) is 18.9 Å². The van der Waals surface area contributed by atoms with E-state index in [2.05, 4.69) is 15.4 Å². The fourth-order valence-corrected chi connectivity index (χ4v) is 1.28. The minimum absolute atomic E-state index is 0.527. The summed E-state index contributed by atoms with van der Waals surface area (Å²) in [7, 11) is 0. The quantitative estimate of drug-likeness (QED) is 0.777. The zero-order chi connectivity index (χ0) is 10.5. The van der Waals surface area contributed by atoms with Crippen molar-refractivity contribution < 1.29 is 0 Å². The first-order valence-electron chi connectivity index (χ1n) is 4.78. The van der Waals surface area contributed by atoms with Gasteiger partial charge in [0.1, 0.15) is 11.6 Å².